The van der Waals surface area contributed by atoms with E-state index >= 15 is 0 Å². The maximum atomic E-state index is 8.70. The Morgan fingerprint density at radius 2 is 2.26 bits per heavy atom. The molecule has 1 N–H and O–H groups in total. The van der Waals surface area contributed by atoms with E-state index in [1.54, 1.807) is 11.3 Å². The highest BCUT2D eigenvalue weighted by atomic mass is 32.1. The molecule has 0 bridgehead atoms. The lowest BCUT2D eigenvalue weighted by atomic mass is 10.3. The van der Waals surface area contributed by atoms with Gasteiger partial charge in [-0.2, -0.15) is 10.2 Å². The van der Waals surface area contributed by atoms with E-state index < -0.39 is 0 Å². The van der Waals surface area contributed by atoms with Gasteiger partial charge in [0.25, 0.3) is 0 Å². The lowest BCUT2D eigenvalue weighted by molar-refractivity contribution is 0.887. The van der Waals surface area contributed by atoms with Crippen LogP contribution in [0.5, 0.6) is 0 Å². The van der Waals surface area contributed by atoms with Crippen molar-refractivity contribution in [2.24, 2.45) is 0 Å². The van der Waals surface area contributed by atoms with Gasteiger partial charge in [0, 0.05) is 25.0 Å². The first-order valence-corrected chi connectivity index (χ1v) is 7.07. The van der Waals surface area contributed by atoms with Crippen LogP contribution in [0.25, 0.3) is 10.2 Å². The summed E-state index contributed by atoms with van der Waals surface area (Å²) in [4.78, 5) is 13.3. The van der Waals surface area contributed by atoms with E-state index in [0.717, 1.165) is 22.6 Å². The van der Waals surface area contributed by atoms with Crippen LogP contribution in [0.3, 0.4) is 0 Å². The Hall–Kier alpha value is -1.87. The third-order valence-corrected chi connectivity index (χ3v) is 3.70. The highest BCUT2D eigenvalue weighted by Crippen LogP contribution is 2.31. The van der Waals surface area contributed by atoms with E-state index in [1.807, 2.05) is 18.9 Å². The van der Waals surface area contributed by atoms with Crippen LogP contribution < -0.4 is 10.2 Å². The van der Waals surface area contributed by atoms with Crippen molar-refractivity contribution in [1.82, 2.24) is 9.97 Å². The summed E-state index contributed by atoms with van der Waals surface area (Å²) in [5.41, 5.74) is 0. The summed E-state index contributed by atoms with van der Waals surface area (Å²) in [6, 6.07) is 4.27. The van der Waals surface area contributed by atoms with Gasteiger partial charge in [-0.3, -0.25) is 0 Å². The first-order valence-electron chi connectivity index (χ1n) is 6.25. The van der Waals surface area contributed by atoms with Crippen LogP contribution >= 0.6 is 11.3 Å². The van der Waals surface area contributed by atoms with Gasteiger partial charge in [0.2, 0.25) is 5.95 Å². The predicted octanol–water partition coefficient (Wildman–Crippen LogP) is 2.78. The molecule has 0 aliphatic rings. The topological polar surface area (TPSA) is 64.8 Å². The van der Waals surface area contributed by atoms with Crippen LogP contribution in [-0.2, 0) is 0 Å². The average Bonchev–Trinajstić information content (AvgIpc) is 2.75. The second kappa shape index (κ2) is 5.85. The van der Waals surface area contributed by atoms with Gasteiger partial charge in [0.15, 0.2) is 0 Å². The van der Waals surface area contributed by atoms with E-state index in [0.29, 0.717) is 18.9 Å². The summed E-state index contributed by atoms with van der Waals surface area (Å²) in [7, 11) is 1.96. The second-order valence-electron chi connectivity index (χ2n) is 4.31. The number of anilines is 2. The van der Waals surface area contributed by atoms with Crippen molar-refractivity contribution < 1.29 is 0 Å². The van der Waals surface area contributed by atoms with Gasteiger partial charge in [0.05, 0.1) is 17.9 Å². The maximum Gasteiger partial charge on any atom is 0.226 e. The van der Waals surface area contributed by atoms with Crippen molar-refractivity contribution in [1.29, 1.82) is 5.26 Å². The first-order chi connectivity index (χ1) is 9.15. The van der Waals surface area contributed by atoms with Crippen LogP contribution in [0.15, 0.2) is 6.07 Å². The van der Waals surface area contributed by atoms with Crippen LogP contribution in [0.2, 0.25) is 0 Å². The summed E-state index contributed by atoms with van der Waals surface area (Å²) in [6.07, 6.45) is 0.488. The molecule has 0 aromatic carbocycles. The number of nitrogens with zero attached hydrogens (tertiary/aromatic N) is 4. The minimum absolute atomic E-state index is 0.488. The van der Waals surface area contributed by atoms with Crippen LogP contribution in [0.4, 0.5) is 11.8 Å². The Kier molecular flexibility index (Phi) is 4.17. The smallest absolute Gasteiger partial charge is 0.226 e. The quantitative estimate of drug-likeness (QED) is 0.909. The molecule has 2 aromatic rings. The monoisotopic (exact) mass is 275 g/mol. The molecule has 100 valence electrons. The molecule has 5 nitrogen and oxygen atoms in total. The molecule has 0 atom stereocenters. The largest absolute Gasteiger partial charge is 0.358 e. The Morgan fingerprint density at radius 1 is 1.47 bits per heavy atom. The number of nitrogens with one attached hydrogen (secondary N) is 1. The Bertz CT molecular complexity index is 613. The lowest BCUT2D eigenvalue weighted by Crippen LogP contribution is -2.20. The summed E-state index contributed by atoms with van der Waals surface area (Å²) in [6.45, 7) is 5.55. The highest BCUT2D eigenvalue weighted by molar-refractivity contribution is 7.18. The van der Waals surface area contributed by atoms with Crippen LogP contribution in [0, 0.1) is 18.3 Å². The van der Waals surface area contributed by atoms with Gasteiger partial charge in [-0.25, -0.2) is 4.98 Å². The zero-order valence-electron chi connectivity index (χ0n) is 11.4. The zero-order chi connectivity index (χ0) is 13.8. The zero-order valence-corrected chi connectivity index (χ0v) is 12.2. The third kappa shape index (κ3) is 2.93. The van der Waals surface area contributed by atoms with Gasteiger partial charge in [0.1, 0.15) is 10.6 Å². The third-order valence-electron chi connectivity index (χ3n) is 2.75. The van der Waals surface area contributed by atoms with Crippen molar-refractivity contribution >= 4 is 33.3 Å². The minimum atomic E-state index is 0.488. The van der Waals surface area contributed by atoms with Crippen molar-refractivity contribution in [3.05, 3.63) is 10.9 Å². The fourth-order valence-electron chi connectivity index (χ4n) is 1.88. The van der Waals surface area contributed by atoms with Gasteiger partial charge in [-0.05, 0) is 19.9 Å². The number of hydrogen-bond acceptors (Lipinski definition) is 6. The van der Waals surface area contributed by atoms with Crippen molar-refractivity contribution in [2.75, 3.05) is 30.4 Å². The van der Waals surface area contributed by atoms with Gasteiger partial charge < -0.3 is 10.2 Å². The van der Waals surface area contributed by atoms with E-state index in [2.05, 4.69) is 34.3 Å². The molecule has 2 aromatic heterocycles. The number of nitriles is 1. The number of aryl methyl sites for hydroxylation is 1. The SMILES string of the molecule is CCNc1nc(N(C)CCC#N)c2cc(C)sc2n1. The Balaban J connectivity index is 2.46. The molecule has 0 aliphatic carbocycles. The molecule has 0 radical (unpaired) electrons. The average molecular weight is 275 g/mol. The summed E-state index contributed by atoms with van der Waals surface area (Å²) in [5, 5.41) is 12.9. The normalized spacial score (nSPS) is 10.4. The second-order valence-corrected chi connectivity index (χ2v) is 5.54. The summed E-state index contributed by atoms with van der Waals surface area (Å²) >= 11 is 1.66. The highest BCUT2D eigenvalue weighted by Gasteiger charge is 2.13. The fourth-order valence-corrected chi connectivity index (χ4v) is 2.75. The Morgan fingerprint density at radius 3 is 2.95 bits per heavy atom. The van der Waals surface area contributed by atoms with Gasteiger partial charge in [-0.1, -0.05) is 0 Å². The molecule has 6 heteroatoms. The molecule has 2 rings (SSSR count). The molecular formula is C13H17N5S. The minimum Gasteiger partial charge on any atom is -0.358 e. The number of thiophene rings is 1. The van der Waals surface area contributed by atoms with Crippen molar-refractivity contribution in [3.63, 3.8) is 0 Å². The molecule has 0 aliphatic heterocycles. The number of rotatable bonds is 5. The first kappa shape index (κ1) is 13.6. The molecule has 0 unspecified atom stereocenters. The fraction of sp³-hybridized carbons (Fsp3) is 0.462. The molecule has 19 heavy (non-hydrogen) atoms. The Labute approximate surface area is 116 Å². The molecule has 2 heterocycles. The van der Waals surface area contributed by atoms with E-state index in [9.17, 15) is 0 Å². The summed E-state index contributed by atoms with van der Waals surface area (Å²) in [5.74, 6) is 1.54. The standard InChI is InChI=1S/C13H17N5S/c1-4-15-13-16-11(18(3)7-5-6-14)10-8-9(2)19-12(10)17-13/h8H,4-5,7H2,1-3H3,(H,15,16,17). The summed E-state index contributed by atoms with van der Waals surface area (Å²) < 4.78 is 0. The lowest BCUT2D eigenvalue weighted by Gasteiger charge is -2.18. The van der Waals surface area contributed by atoms with E-state index in [1.165, 1.54) is 4.88 Å². The molecule has 0 spiro atoms. The number of aromatic nitrogens is 2. The van der Waals surface area contributed by atoms with E-state index in [-0.39, 0.29) is 0 Å². The van der Waals surface area contributed by atoms with Crippen LogP contribution in [-0.4, -0.2) is 30.1 Å². The molecular weight excluding hydrogens is 258 g/mol. The van der Waals surface area contributed by atoms with Crippen molar-refractivity contribution in [2.45, 2.75) is 20.3 Å². The molecule has 0 saturated heterocycles. The van der Waals surface area contributed by atoms with Gasteiger partial charge >= 0.3 is 0 Å². The van der Waals surface area contributed by atoms with Gasteiger partial charge in [-0.15, -0.1) is 11.3 Å². The number of hydrogen-bond donors (Lipinski definition) is 1. The number of fused-ring (bicyclic) bond motifs is 1. The van der Waals surface area contributed by atoms with Crippen molar-refractivity contribution in [3.8, 4) is 6.07 Å². The maximum absolute atomic E-state index is 8.70. The molecule has 0 amide bonds. The van der Waals surface area contributed by atoms with Crippen LogP contribution in [0.1, 0.15) is 18.2 Å². The molecule has 0 fully saturated rings. The molecule has 0 saturated carbocycles. The van der Waals surface area contributed by atoms with E-state index in [4.69, 9.17) is 5.26 Å². The predicted molar refractivity (Wildman–Crippen MR) is 79.8 cm³/mol.